The van der Waals surface area contributed by atoms with Gasteiger partial charge in [-0.3, -0.25) is 9.79 Å². The van der Waals surface area contributed by atoms with Crippen molar-refractivity contribution in [2.45, 2.75) is 32.2 Å². The van der Waals surface area contributed by atoms with Gasteiger partial charge < -0.3 is 27.4 Å². The second-order valence-corrected chi connectivity index (χ2v) is 7.78. The van der Waals surface area contributed by atoms with Crippen LogP contribution >= 0.6 is 0 Å². The fourth-order valence-corrected chi connectivity index (χ4v) is 3.42. The van der Waals surface area contributed by atoms with Crippen LogP contribution in [0.2, 0.25) is 0 Å². The van der Waals surface area contributed by atoms with Gasteiger partial charge in [0, 0.05) is 37.7 Å². The summed E-state index contributed by atoms with van der Waals surface area (Å²) in [6.45, 7) is 9.52. The molecule has 0 aliphatic carbocycles. The summed E-state index contributed by atoms with van der Waals surface area (Å²) in [6.07, 6.45) is 6.60. The molecule has 8 nitrogen and oxygen atoms in total. The van der Waals surface area contributed by atoms with Crippen LogP contribution in [0.25, 0.3) is 0 Å². The number of hydrogen-bond donors (Lipinski definition) is 4. The monoisotopic (exact) mass is 441 g/mol. The molecule has 1 saturated heterocycles. The molecule has 0 bridgehead atoms. The van der Waals surface area contributed by atoms with Gasteiger partial charge in [-0.25, -0.2) is 9.38 Å². The molecule has 9 heteroatoms. The van der Waals surface area contributed by atoms with Crippen LogP contribution in [-0.2, 0) is 4.79 Å². The lowest BCUT2D eigenvalue weighted by molar-refractivity contribution is -0.114. The Labute approximate surface area is 188 Å². The summed E-state index contributed by atoms with van der Waals surface area (Å²) in [5.41, 5.74) is 20.0. The van der Waals surface area contributed by atoms with Gasteiger partial charge in [0.1, 0.15) is 11.7 Å². The molecule has 2 rings (SSSR count). The Bertz CT molecular complexity index is 940. The maximum absolute atomic E-state index is 13.1. The molecule has 0 radical (unpaired) electrons. The highest BCUT2D eigenvalue weighted by molar-refractivity contribution is 6.20. The minimum Gasteiger partial charge on any atom is -0.383 e. The number of allylic oxidation sites excluding steroid dienone is 3. The van der Waals surface area contributed by atoms with Crippen molar-refractivity contribution < 1.29 is 9.18 Å². The molecule has 1 aromatic carbocycles. The third-order valence-electron chi connectivity index (χ3n) is 5.73. The zero-order valence-electron chi connectivity index (χ0n) is 18.6. The smallest absolute Gasteiger partial charge is 0.253 e. The van der Waals surface area contributed by atoms with E-state index in [1.165, 1.54) is 36.2 Å². The number of carbonyl (C=O) groups excluding carboxylic acids is 1. The van der Waals surface area contributed by atoms with E-state index in [1.54, 1.807) is 6.20 Å². The number of benzene rings is 1. The van der Waals surface area contributed by atoms with Gasteiger partial charge >= 0.3 is 0 Å². The first-order valence-corrected chi connectivity index (χ1v) is 10.3. The molecule has 0 atom stereocenters. The fourth-order valence-electron chi connectivity index (χ4n) is 3.42. The van der Waals surface area contributed by atoms with Crippen LogP contribution in [0, 0.1) is 5.82 Å². The van der Waals surface area contributed by atoms with E-state index in [-0.39, 0.29) is 17.2 Å². The average molecular weight is 442 g/mol. The van der Waals surface area contributed by atoms with Gasteiger partial charge in [0.25, 0.3) is 5.91 Å². The van der Waals surface area contributed by atoms with Gasteiger partial charge in [-0.2, -0.15) is 0 Å². The molecular formula is C23H32FN7O. The Kier molecular flexibility index (Phi) is 8.71. The lowest BCUT2D eigenvalue weighted by Gasteiger charge is -2.43. The van der Waals surface area contributed by atoms with E-state index < -0.39 is 11.4 Å². The summed E-state index contributed by atoms with van der Waals surface area (Å²) >= 11 is 0. The van der Waals surface area contributed by atoms with Crippen molar-refractivity contribution >= 4 is 24.1 Å². The number of amidine groups is 1. The summed E-state index contributed by atoms with van der Waals surface area (Å²) in [6, 6.07) is 5.45. The van der Waals surface area contributed by atoms with Crippen LogP contribution in [0.15, 0.2) is 69.6 Å². The topological polar surface area (TPSA) is 135 Å². The standard InChI is InChI=1S/C23H32FN7O/c1-16(8-11-28-3)17(2)31-12-9-23(15-25,10-13-31)29-14-20(22(27)32)21(26)30-19-6-4-18(24)5-7-19/h4-8,11,14,29H,3,9-10,12-13,15,25H2,1-2H3,(H2,26,30)(H2,27,32)/b11-8-,17-16+,20-14+. The van der Waals surface area contributed by atoms with Crippen LogP contribution in [0.5, 0.6) is 0 Å². The number of halogens is 1. The van der Waals surface area contributed by atoms with Crippen LogP contribution in [0.4, 0.5) is 10.1 Å². The van der Waals surface area contributed by atoms with Crippen molar-refractivity contribution in [3.8, 4) is 0 Å². The molecule has 0 unspecified atom stereocenters. The number of rotatable bonds is 9. The van der Waals surface area contributed by atoms with Gasteiger partial charge in [0.2, 0.25) is 0 Å². The van der Waals surface area contributed by atoms with E-state index in [1.807, 2.05) is 13.0 Å². The average Bonchev–Trinajstić information content (AvgIpc) is 2.78. The molecule has 0 saturated carbocycles. The third kappa shape index (κ3) is 6.52. The second kappa shape index (κ2) is 11.2. The molecule has 1 aromatic rings. The first-order chi connectivity index (χ1) is 15.2. The summed E-state index contributed by atoms with van der Waals surface area (Å²) < 4.78 is 13.1. The predicted molar refractivity (Wildman–Crippen MR) is 128 cm³/mol. The molecule has 1 aliphatic heterocycles. The maximum Gasteiger partial charge on any atom is 0.253 e. The predicted octanol–water partition coefficient (Wildman–Crippen LogP) is 2.07. The lowest BCUT2D eigenvalue weighted by atomic mass is 9.87. The number of nitrogens with one attached hydrogen (secondary N) is 1. The zero-order chi connectivity index (χ0) is 23.7. The lowest BCUT2D eigenvalue weighted by Crippen LogP contribution is -2.56. The van der Waals surface area contributed by atoms with Crippen LogP contribution in [0.3, 0.4) is 0 Å². The highest BCUT2D eigenvalue weighted by Gasteiger charge is 2.33. The Balaban J connectivity index is 2.15. The van der Waals surface area contributed by atoms with Gasteiger partial charge in [-0.05, 0) is 69.3 Å². The van der Waals surface area contributed by atoms with E-state index in [0.29, 0.717) is 12.2 Å². The molecule has 1 heterocycles. The number of likely N-dealkylation sites (tertiary alicyclic amines) is 1. The number of amides is 1. The number of piperidine rings is 1. The molecule has 0 spiro atoms. The Morgan fingerprint density at radius 1 is 1.25 bits per heavy atom. The number of nitrogens with two attached hydrogens (primary N) is 3. The molecule has 0 aromatic heterocycles. The van der Waals surface area contributed by atoms with Crippen molar-refractivity contribution in [1.82, 2.24) is 10.2 Å². The van der Waals surface area contributed by atoms with Crippen LogP contribution in [0.1, 0.15) is 26.7 Å². The number of carbonyl (C=O) groups is 1. The molecule has 172 valence electrons. The van der Waals surface area contributed by atoms with Crippen molar-refractivity contribution in [3.63, 3.8) is 0 Å². The largest absolute Gasteiger partial charge is 0.383 e. The first-order valence-electron chi connectivity index (χ1n) is 10.3. The quantitative estimate of drug-likeness (QED) is 0.201. The molecule has 7 N–H and O–H groups in total. The van der Waals surface area contributed by atoms with Gasteiger partial charge in [-0.1, -0.05) is 0 Å². The number of aliphatic imine (C=N–C) groups is 2. The number of primary amides is 1. The van der Waals surface area contributed by atoms with E-state index in [2.05, 4.69) is 33.8 Å². The van der Waals surface area contributed by atoms with Crippen molar-refractivity contribution in [2.75, 3.05) is 19.6 Å². The van der Waals surface area contributed by atoms with E-state index in [0.717, 1.165) is 31.5 Å². The number of hydrogen-bond acceptors (Lipinski definition) is 6. The Hall–Kier alpha value is -3.46. The zero-order valence-corrected chi connectivity index (χ0v) is 18.6. The highest BCUT2D eigenvalue weighted by atomic mass is 19.1. The highest BCUT2D eigenvalue weighted by Crippen LogP contribution is 2.25. The van der Waals surface area contributed by atoms with Gasteiger partial charge in [-0.15, -0.1) is 0 Å². The normalized spacial score (nSPS) is 17.8. The summed E-state index contributed by atoms with van der Waals surface area (Å²) in [5.74, 6) is -1.17. The molecular weight excluding hydrogens is 409 g/mol. The Morgan fingerprint density at radius 2 is 1.88 bits per heavy atom. The minimum atomic E-state index is -0.720. The number of nitrogens with zero attached hydrogens (tertiary/aromatic N) is 3. The maximum atomic E-state index is 13.1. The summed E-state index contributed by atoms with van der Waals surface area (Å²) in [7, 11) is 0. The van der Waals surface area contributed by atoms with E-state index in [9.17, 15) is 9.18 Å². The molecule has 1 aliphatic rings. The molecule has 1 fully saturated rings. The molecule has 32 heavy (non-hydrogen) atoms. The van der Waals surface area contributed by atoms with E-state index >= 15 is 0 Å². The van der Waals surface area contributed by atoms with Crippen LogP contribution in [-0.4, -0.2) is 48.5 Å². The second-order valence-electron chi connectivity index (χ2n) is 7.78. The summed E-state index contributed by atoms with van der Waals surface area (Å²) in [4.78, 5) is 22.2. The Morgan fingerprint density at radius 3 is 2.41 bits per heavy atom. The minimum absolute atomic E-state index is 0.0403. The fraction of sp³-hybridized carbons (Fsp3) is 0.348. The van der Waals surface area contributed by atoms with Gasteiger partial charge in [0.05, 0.1) is 16.8 Å². The first kappa shape index (κ1) is 24.8. The van der Waals surface area contributed by atoms with Crippen molar-refractivity contribution in [1.29, 1.82) is 0 Å². The van der Waals surface area contributed by atoms with Crippen molar-refractivity contribution in [2.24, 2.45) is 27.2 Å². The third-order valence-corrected chi connectivity index (χ3v) is 5.73. The molecule has 1 amide bonds. The van der Waals surface area contributed by atoms with Gasteiger partial charge in [0.15, 0.2) is 0 Å². The van der Waals surface area contributed by atoms with E-state index in [4.69, 9.17) is 17.2 Å². The summed E-state index contributed by atoms with van der Waals surface area (Å²) in [5, 5.41) is 3.28. The van der Waals surface area contributed by atoms with Crippen molar-refractivity contribution in [3.05, 3.63) is 65.4 Å². The van der Waals surface area contributed by atoms with Crippen LogP contribution < -0.4 is 22.5 Å². The SMILES string of the molecule is C=N/C=C\C(C)=C(/C)N1CCC(CN)(N/C=C(/C(N)=O)C(N)=Nc2ccc(F)cc2)CC1.